The van der Waals surface area contributed by atoms with Gasteiger partial charge in [0.25, 0.3) is 0 Å². The molecule has 0 N–H and O–H groups in total. The van der Waals surface area contributed by atoms with E-state index in [4.69, 9.17) is 42.6 Å². The van der Waals surface area contributed by atoms with E-state index in [1.165, 1.54) is 248 Å². The molecule has 0 saturated heterocycles. The Bertz CT molecular complexity index is 3320. The third-order valence-corrected chi connectivity index (χ3v) is 24.7. The first-order valence-electron chi connectivity index (χ1n) is 52.5. The van der Waals surface area contributed by atoms with E-state index in [-0.39, 0.29) is 0 Å². The molecule has 0 saturated carbocycles. The second kappa shape index (κ2) is 69.5. The number of nitrogens with zero attached hydrogens (tertiary/aromatic N) is 3. The van der Waals surface area contributed by atoms with Crippen LogP contribution in [0.5, 0.6) is 51.7 Å². The average molecular weight is 1740 g/mol. The molecule has 0 amide bonds. The van der Waals surface area contributed by atoms with E-state index >= 15 is 0 Å². The number of hydrogen-bond donors (Lipinski definition) is 0. The van der Waals surface area contributed by atoms with Gasteiger partial charge in [-0.05, 0) is 146 Å². The minimum atomic E-state index is 0.644. The van der Waals surface area contributed by atoms with Crippen molar-refractivity contribution in [1.82, 2.24) is 0 Å². The molecule has 0 unspecified atom stereocenters. The number of ether oxygens (including phenoxy) is 9. The van der Waals surface area contributed by atoms with Gasteiger partial charge in [0, 0.05) is 53.1 Å². The molecule has 702 valence electrons. The molecule has 3 heterocycles. The normalized spacial score (nSPS) is 11.4. The Balaban J connectivity index is 1.25. The third-order valence-electron chi connectivity index (χ3n) is 24.7. The molecule has 4 aromatic carbocycles. The molecule has 0 aliphatic rings. The van der Waals surface area contributed by atoms with Crippen LogP contribution in [0.3, 0.4) is 0 Å². The van der Waals surface area contributed by atoms with E-state index < -0.39 is 0 Å². The Kier molecular flexibility index (Phi) is 58.2. The van der Waals surface area contributed by atoms with Crippen LogP contribution in [0.2, 0.25) is 0 Å². The second-order valence-corrected chi connectivity index (χ2v) is 36.4. The van der Waals surface area contributed by atoms with Crippen molar-refractivity contribution in [2.45, 2.75) is 429 Å². The van der Waals surface area contributed by atoms with Crippen molar-refractivity contribution in [1.29, 1.82) is 0 Å². The summed E-state index contributed by atoms with van der Waals surface area (Å²) in [4.78, 5) is 0. The maximum atomic E-state index is 6.83. The van der Waals surface area contributed by atoms with Crippen molar-refractivity contribution in [2.24, 2.45) is 0 Å². The van der Waals surface area contributed by atoms with Crippen molar-refractivity contribution in [2.75, 3.05) is 59.5 Å². The van der Waals surface area contributed by atoms with Crippen LogP contribution in [0.1, 0.15) is 426 Å². The first kappa shape index (κ1) is 106. The van der Waals surface area contributed by atoms with Crippen LogP contribution < -0.4 is 56.3 Å². The van der Waals surface area contributed by atoms with Crippen LogP contribution in [-0.2, 0) is 19.6 Å². The van der Waals surface area contributed by atoms with Gasteiger partial charge in [-0.15, -0.1) is 0 Å². The van der Waals surface area contributed by atoms with Gasteiger partial charge < -0.3 is 42.6 Å². The molecule has 0 bridgehead atoms. The fraction of sp³-hybridized carbons (Fsp3) is 0.658. The summed E-state index contributed by atoms with van der Waals surface area (Å²) in [5.41, 5.74) is 10.2. The van der Waals surface area contributed by atoms with E-state index in [1.807, 2.05) is 0 Å². The predicted octanol–water partition coefficient (Wildman–Crippen LogP) is 32.3. The van der Waals surface area contributed by atoms with Crippen LogP contribution >= 0.6 is 0 Å². The molecule has 12 nitrogen and oxygen atoms in total. The van der Waals surface area contributed by atoms with Gasteiger partial charge in [0.1, 0.15) is 0 Å². The van der Waals surface area contributed by atoms with E-state index in [0.29, 0.717) is 79.1 Å². The van der Waals surface area contributed by atoms with E-state index in [2.05, 4.69) is 204 Å². The average Bonchev–Trinajstić information content (AvgIpc) is 0.811. The summed E-state index contributed by atoms with van der Waals surface area (Å²) >= 11 is 0. The number of hydrogen-bond acceptors (Lipinski definition) is 9. The highest BCUT2D eigenvalue weighted by atomic mass is 16.6. The maximum absolute atomic E-state index is 6.83. The highest BCUT2D eigenvalue weighted by molar-refractivity contribution is 5.73. The Morgan fingerprint density at radius 3 is 0.460 bits per heavy atom. The maximum Gasteiger partial charge on any atom is 0.203 e. The van der Waals surface area contributed by atoms with Crippen molar-refractivity contribution < 1.29 is 56.3 Å². The fourth-order valence-electron chi connectivity index (χ4n) is 16.9. The number of benzene rings is 4. The van der Waals surface area contributed by atoms with Crippen LogP contribution in [-0.4, -0.2) is 59.5 Å². The Morgan fingerprint density at radius 2 is 0.302 bits per heavy atom. The summed E-state index contributed by atoms with van der Waals surface area (Å²) in [6, 6.07) is 34.1. The van der Waals surface area contributed by atoms with Gasteiger partial charge in [0.2, 0.25) is 17.2 Å². The van der Waals surface area contributed by atoms with Crippen LogP contribution in [0.4, 0.5) is 0 Å². The zero-order valence-corrected chi connectivity index (χ0v) is 81.8. The predicted molar refractivity (Wildman–Crippen MR) is 530 cm³/mol. The van der Waals surface area contributed by atoms with Gasteiger partial charge >= 0.3 is 0 Å². The highest BCUT2D eigenvalue weighted by Crippen LogP contribution is 2.46. The topological polar surface area (TPSA) is 94.7 Å². The lowest BCUT2D eigenvalue weighted by Gasteiger charge is -2.19. The Labute approximate surface area is 769 Å². The highest BCUT2D eigenvalue weighted by Gasteiger charge is 2.24. The largest absolute Gasteiger partial charge is 0.490 e. The molecule has 12 heteroatoms. The van der Waals surface area contributed by atoms with E-state index in [1.54, 1.807) is 0 Å². The van der Waals surface area contributed by atoms with Gasteiger partial charge in [-0.2, -0.15) is 0 Å². The monoisotopic (exact) mass is 1740 g/mol. The molecule has 126 heavy (non-hydrogen) atoms. The molecule has 7 aromatic rings. The van der Waals surface area contributed by atoms with Gasteiger partial charge in [0.05, 0.1) is 59.5 Å². The second-order valence-electron chi connectivity index (χ2n) is 36.4. The molecule has 0 atom stereocenters. The molecular weight excluding hydrogens is 1560 g/mol. The standard InChI is InChI=1S/C114H180N3O9/c1-10-19-28-37-46-55-76-118-106-88-103(89-107(119-77-56-47-38-29-20-11-2)112(106)124-82-61-52-43-34-25-16-7)100-64-70-115(71-65-100)94-97-85-98(95-116-72-66-101(67-73-116)104-90-108(120-78-57-48-39-30-21-12-3)113(125-83-62-53-44-35-26-17-8)109(91-104)121-79-58-49-40-31-22-13-4)87-99(86-97)96-117-74-68-102(69-75-117)105-92-110(122-80-59-50-41-32-23-14-5)114(126-84-63-54-45-36-27-18-9)111(93-105)123-81-60-51-42-33-24-15-6/h64-75,85-93H,10-63,76-84,94-96H2,1-9H3/q+3. The number of rotatable bonds is 81. The van der Waals surface area contributed by atoms with Gasteiger partial charge in [-0.25, -0.2) is 13.7 Å². The van der Waals surface area contributed by atoms with Crippen LogP contribution in [0.25, 0.3) is 33.4 Å². The lowest BCUT2D eigenvalue weighted by molar-refractivity contribution is -0.690. The fourth-order valence-corrected chi connectivity index (χ4v) is 16.9. The summed E-state index contributed by atoms with van der Waals surface area (Å²) in [5, 5.41) is 0. The Morgan fingerprint density at radius 1 is 0.159 bits per heavy atom. The van der Waals surface area contributed by atoms with Crippen molar-refractivity contribution >= 4 is 0 Å². The van der Waals surface area contributed by atoms with E-state index in [9.17, 15) is 0 Å². The number of pyridine rings is 3. The van der Waals surface area contributed by atoms with Gasteiger partial charge in [-0.3, -0.25) is 0 Å². The van der Waals surface area contributed by atoms with Gasteiger partial charge in [-0.1, -0.05) is 351 Å². The Hall–Kier alpha value is -7.47. The quantitative estimate of drug-likeness (QED) is 0.0273. The van der Waals surface area contributed by atoms with Crippen LogP contribution in [0.15, 0.2) is 128 Å². The van der Waals surface area contributed by atoms with Gasteiger partial charge in [0.15, 0.2) is 91.3 Å². The molecule has 3 aromatic heterocycles. The minimum Gasteiger partial charge on any atom is -0.490 e. The zero-order valence-electron chi connectivity index (χ0n) is 81.8. The van der Waals surface area contributed by atoms with Crippen molar-refractivity contribution in [3.63, 3.8) is 0 Å². The molecule has 7 rings (SSSR count). The molecular formula is C114H180N3O9+3. The van der Waals surface area contributed by atoms with Crippen molar-refractivity contribution in [3.05, 3.63) is 145 Å². The SMILES string of the molecule is CCCCCCCCOc1cc(-c2cc[n+](Cc3cc(C[n+]4ccc(-c5cc(OCCCCCCCC)c(OCCCCCCCC)c(OCCCCCCCC)c5)cc4)cc(C[n+]4ccc(-c5cc(OCCCCCCCC)c(OCCCCCCCC)c(OCCCCCCCC)c5)cc4)c3)cc2)cc(OCCCCCCCC)c1OCCCCCCCC. The molecule has 0 radical (unpaired) electrons. The molecule has 0 spiro atoms. The summed E-state index contributed by atoms with van der Waals surface area (Å²) in [5.74, 6) is 6.98. The molecule has 0 aliphatic carbocycles. The first-order valence-corrected chi connectivity index (χ1v) is 52.5. The molecule has 0 fully saturated rings. The zero-order chi connectivity index (χ0) is 89.0. The third kappa shape index (κ3) is 44.2. The van der Waals surface area contributed by atoms with Crippen LogP contribution in [0, 0.1) is 0 Å². The smallest absolute Gasteiger partial charge is 0.203 e. The first-order chi connectivity index (χ1) is 62.2. The number of unbranched alkanes of at least 4 members (excludes halogenated alkanes) is 45. The molecule has 0 aliphatic heterocycles. The minimum absolute atomic E-state index is 0.644. The van der Waals surface area contributed by atoms with Crippen molar-refractivity contribution in [3.8, 4) is 85.1 Å². The summed E-state index contributed by atoms with van der Waals surface area (Å²) in [6.45, 7) is 28.5. The number of aromatic nitrogens is 3. The lowest BCUT2D eigenvalue weighted by atomic mass is 10.0. The lowest BCUT2D eigenvalue weighted by Crippen LogP contribution is -2.36. The van der Waals surface area contributed by atoms with E-state index in [0.717, 1.165) is 201 Å². The summed E-state index contributed by atoms with van der Waals surface area (Å²) in [7, 11) is 0. The summed E-state index contributed by atoms with van der Waals surface area (Å²) in [6.07, 6.45) is 78.4. The summed E-state index contributed by atoms with van der Waals surface area (Å²) < 4.78 is 68.3.